The lowest BCUT2D eigenvalue weighted by molar-refractivity contribution is 0.307. The van der Waals surface area contributed by atoms with Gasteiger partial charge in [-0.25, -0.2) is 0 Å². The summed E-state index contributed by atoms with van der Waals surface area (Å²) in [6.07, 6.45) is 7.73. The van der Waals surface area contributed by atoms with Crippen molar-refractivity contribution in [2.75, 3.05) is 20.8 Å². The third-order valence-electron chi connectivity index (χ3n) is 4.41. The van der Waals surface area contributed by atoms with E-state index in [4.69, 9.17) is 14.2 Å². The molecule has 0 heterocycles. The highest BCUT2D eigenvalue weighted by Gasteiger charge is 2.18. The molecular formula is C23H30O3. The molecule has 0 unspecified atom stereocenters. The Hall–Kier alpha value is -2.42. The van der Waals surface area contributed by atoms with Crippen molar-refractivity contribution in [1.82, 2.24) is 0 Å². The van der Waals surface area contributed by atoms with Gasteiger partial charge in [0.15, 0.2) is 0 Å². The second-order valence-electron chi connectivity index (χ2n) is 6.88. The summed E-state index contributed by atoms with van der Waals surface area (Å²) in [5.41, 5.74) is 1.10. The maximum atomic E-state index is 5.72. The maximum Gasteiger partial charge on any atom is 0.122 e. The Balaban J connectivity index is 1.81. The predicted molar refractivity (Wildman–Crippen MR) is 108 cm³/mol. The summed E-state index contributed by atoms with van der Waals surface area (Å²) < 4.78 is 16.5. The van der Waals surface area contributed by atoms with Crippen molar-refractivity contribution in [2.24, 2.45) is 0 Å². The fraction of sp³-hybridized carbons (Fsp3) is 0.391. The second-order valence-corrected chi connectivity index (χ2v) is 6.88. The van der Waals surface area contributed by atoms with Crippen molar-refractivity contribution in [3.8, 4) is 17.2 Å². The van der Waals surface area contributed by atoms with Crippen LogP contribution in [0.3, 0.4) is 0 Å². The van der Waals surface area contributed by atoms with Gasteiger partial charge in [-0.05, 0) is 49.1 Å². The number of allylic oxidation sites excluding steroid dienone is 2. The van der Waals surface area contributed by atoms with E-state index >= 15 is 0 Å². The van der Waals surface area contributed by atoms with Crippen LogP contribution in [0.4, 0.5) is 0 Å². The topological polar surface area (TPSA) is 27.7 Å². The minimum absolute atomic E-state index is 0.0810. The molecule has 0 aliphatic heterocycles. The summed E-state index contributed by atoms with van der Waals surface area (Å²) in [5, 5.41) is 0. The number of benzene rings is 2. The predicted octanol–water partition coefficient (Wildman–Crippen LogP) is 5.79. The Labute approximate surface area is 157 Å². The van der Waals surface area contributed by atoms with Gasteiger partial charge in [-0.1, -0.05) is 44.2 Å². The van der Waals surface area contributed by atoms with E-state index in [0.29, 0.717) is 0 Å². The Bertz CT molecular complexity index is 668. The highest BCUT2D eigenvalue weighted by molar-refractivity contribution is 5.43. The van der Waals surface area contributed by atoms with Crippen molar-refractivity contribution in [3.05, 3.63) is 66.2 Å². The fourth-order valence-electron chi connectivity index (χ4n) is 2.72. The van der Waals surface area contributed by atoms with Crippen LogP contribution >= 0.6 is 0 Å². The normalized spacial score (nSPS) is 11.5. The molecule has 0 aromatic heterocycles. The molecule has 0 saturated heterocycles. The number of para-hydroxylation sites is 1. The molecule has 2 aromatic carbocycles. The molecule has 0 radical (unpaired) electrons. The molecule has 0 fully saturated rings. The molecule has 0 atom stereocenters. The van der Waals surface area contributed by atoms with Crippen LogP contribution in [0.1, 0.15) is 38.7 Å². The average molecular weight is 354 g/mol. The molecule has 0 aliphatic rings. The molecule has 26 heavy (non-hydrogen) atoms. The van der Waals surface area contributed by atoms with Gasteiger partial charge in [0.25, 0.3) is 0 Å². The van der Waals surface area contributed by atoms with Gasteiger partial charge in [0.1, 0.15) is 17.2 Å². The molecule has 2 aromatic rings. The number of methoxy groups -OCH3 is 2. The van der Waals surface area contributed by atoms with Crippen molar-refractivity contribution >= 4 is 0 Å². The summed E-state index contributed by atoms with van der Waals surface area (Å²) in [6.45, 7) is 5.17. The molecule has 0 aliphatic carbocycles. The number of rotatable bonds is 10. The van der Waals surface area contributed by atoms with E-state index in [1.165, 1.54) is 5.56 Å². The minimum atomic E-state index is -0.0810. The molecule has 3 heteroatoms. The Morgan fingerprint density at radius 2 is 1.50 bits per heavy atom. The summed E-state index contributed by atoms with van der Waals surface area (Å²) >= 11 is 0. The first-order valence-electron chi connectivity index (χ1n) is 9.14. The number of unbranched alkanes of at least 4 members (excludes halogenated alkanes) is 2. The molecule has 0 bridgehead atoms. The van der Waals surface area contributed by atoms with Crippen molar-refractivity contribution < 1.29 is 14.2 Å². The summed E-state index contributed by atoms with van der Waals surface area (Å²) in [7, 11) is 3.36. The molecule has 0 saturated carbocycles. The Morgan fingerprint density at radius 1 is 0.846 bits per heavy atom. The quantitative estimate of drug-likeness (QED) is 0.399. The molecule has 0 spiro atoms. The molecule has 3 nitrogen and oxygen atoms in total. The van der Waals surface area contributed by atoms with Crippen molar-refractivity contribution in [2.45, 2.75) is 38.5 Å². The largest absolute Gasteiger partial charge is 0.497 e. The van der Waals surface area contributed by atoms with E-state index in [9.17, 15) is 0 Å². The maximum absolute atomic E-state index is 5.72. The third kappa shape index (κ3) is 6.14. The van der Waals surface area contributed by atoms with Gasteiger partial charge in [-0.3, -0.25) is 0 Å². The van der Waals surface area contributed by atoms with Crippen LogP contribution in [-0.2, 0) is 5.41 Å². The van der Waals surface area contributed by atoms with Gasteiger partial charge in [0, 0.05) is 11.5 Å². The average Bonchev–Trinajstić information content (AvgIpc) is 2.67. The lowest BCUT2D eigenvalue weighted by atomic mass is 9.84. The van der Waals surface area contributed by atoms with Gasteiger partial charge < -0.3 is 14.2 Å². The second kappa shape index (κ2) is 9.91. The number of ether oxygens (including phenoxy) is 3. The lowest BCUT2D eigenvalue weighted by Crippen LogP contribution is -2.13. The van der Waals surface area contributed by atoms with Crippen LogP contribution in [0.2, 0.25) is 0 Å². The molecule has 0 N–H and O–H groups in total. The van der Waals surface area contributed by atoms with Gasteiger partial charge in [0.2, 0.25) is 0 Å². The smallest absolute Gasteiger partial charge is 0.122 e. The van der Waals surface area contributed by atoms with E-state index in [0.717, 1.165) is 43.1 Å². The SMILES string of the molecule is COc1cc(OC)cc(C(C)(C)C=CCCCCOc2ccccc2)c1. The third-order valence-corrected chi connectivity index (χ3v) is 4.41. The van der Waals surface area contributed by atoms with Crippen LogP contribution in [0.5, 0.6) is 17.2 Å². The van der Waals surface area contributed by atoms with Gasteiger partial charge in [-0.15, -0.1) is 0 Å². The number of hydrogen-bond acceptors (Lipinski definition) is 3. The molecule has 0 amide bonds. The van der Waals surface area contributed by atoms with Gasteiger partial charge >= 0.3 is 0 Å². The fourth-order valence-corrected chi connectivity index (χ4v) is 2.72. The standard InChI is InChI=1S/C23H30O3/c1-23(2,19-16-21(24-3)18-22(17-19)25-4)14-10-5-6-11-15-26-20-12-8-7-9-13-20/h7-10,12-14,16-18H,5-6,11,15H2,1-4H3. The minimum Gasteiger partial charge on any atom is -0.497 e. The molecule has 140 valence electrons. The summed E-state index contributed by atoms with van der Waals surface area (Å²) in [6, 6.07) is 16.0. The first kappa shape index (κ1) is 19.9. The van der Waals surface area contributed by atoms with E-state index < -0.39 is 0 Å². The monoisotopic (exact) mass is 354 g/mol. The zero-order valence-electron chi connectivity index (χ0n) is 16.3. The van der Waals surface area contributed by atoms with Crippen LogP contribution in [0.15, 0.2) is 60.7 Å². The Kier molecular flexibility index (Phi) is 7.58. The van der Waals surface area contributed by atoms with E-state index in [-0.39, 0.29) is 5.41 Å². The summed E-state index contributed by atoms with van der Waals surface area (Å²) in [4.78, 5) is 0. The van der Waals surface area contributed by atoms with E-state index in [1.54, 1.807) is 14.2 Å². The first-order chi connectivity index (χ1) is 12.5. The Morgan fingerprint density at radius 3 is 2.12 bits per heavy atom. The molecular weight excluding hydrogens is 324 g/mol. The zero-order valence-corrected chi connectivity index (χ0v) is 16.3. The van der Waals surface area contributed by atoms with Crippen molar-refractivity contribution in [1.29, 1.82) is 0 Å². The van der Waals surface area contributed by atoms with Crippen LogP contribution < -0.4 is 14.2 Å². The number of hydrogen-bond donors (Lipinski definition) is 0. The van der Waals surface area contributed by atoms with Crippen LogP contribution in [0, 0.1) is 0 Å². The highest BCUT2D eigenvalue weighted by atomic mass is 16.5. The highest BCUT2D eigenvalue weighted by Crippen LogP contribution is 2.32. The zero-order chi connectivity index (χ0) is 18.8. The van der Waals surface area contributed by atoms with Crippen LogP contribution in [0.25, 0.3) is 0 Å². The van der Waals surface area contributed by atoms with Crippen molar-refractivity contribution in [3.63, 3.8) is 0 Å². The van der Waals surface area contributed by atoms with Gasteiger partial charge in [-0.2, -0.15) is 0 Å². The summed E-state index contributed by atoms with van der Waals surface area (Å²) in [5.74, 6) is 2.58. The van der Waals surface area contributed by atoms with Crippen LogP contribution in [-0.4, -0.2) is 20.8 Å². The molecule has 2 rings (SSSR count). The lowest BCUT2D eigenvalue weighted by Gasteiger charge is -2.22. The first-order valence-corrected chi connectivity index (χ1v) is 9.14. The van der Waals surface area contributed by atoms with E-state index in [2.05, 4.69) is 38.1 Å². The van der Waals surface area contributed by atoms with Gasteiger partial charge in [0.05, 0.1) is 20.8 Å². The van der Waals surface area contributed by atoms with E-state index in [1.807, 2.05) is 36.4 Å².